The normalized spacial score (nSPS) is 10.7. The van der Waals surface area contributed by atoms with Gasteiger partial charge in [-0.25, -0.2) is 9.59 Å². The molecule has 1 aromatic carbocycles. The second-order valence-corrected chi connectivity index (χ2v) is 5.92. The van der Waals surface area contributed by atoms with Crippen molar-refractivity contribution in [1.29, 1.82) is 0 Å². The number of carbonyl (C=O) groups is 3. The number of hydrogen-bond donors (Lipinski definition) is 2. The van der Waals surface area contributed by atoms with Gasteiger partial charge in [-0.1, -0.05) is 37.6 Å². The highest BCUT2D eigenvalue weighted by Crippen LogP contribution is 2.10. The average molecular weight is 353 g/mol. The lowest BCUT2D eigenvalue weighted by atomic mass is 10.1. The van der Waals surface area contributed by atoms with E-state index < -0.39 is 24.5 Å². The standard InChI is InChI=1S/C17H21ClN2O4/c1-12(2)9-10-19-17(23)20-15(21)11-24-16(22)8-5-13-3-6-14(18)7-4-13/h3-8,12H,9-11H2,1-2H3,(H2,19,20,21,23)/b8-5+. The second-order valence-electron chi connectivity index (χ2n) is 5.48. The number of esters is 1. The topological polar surface area (TPSA) is 84.5 Å². The monoisotopic (exact) mass is 352 g/mol. The third-order valence-corrected chi connectivity index (χ3v) is 3.14. The third kappa shape index (κ3) is 8.95. The first-order chi connectivity index (χ1) is 11.4. The van der Waals surface area contributed by atoms with Crippen LogP contribution in [0.3, 0.4) is 0 Å². The van der Waals surface area contributed by atoms with E-state index in [-0.39, 0.29) is 0 Å². The van der Waals surface area contributed by atoms with Crippen LogP contribution in [0, 0.1) is 5.92 Å². The Morgan fingerprint density at radius 1 is 1.21 bits per heavy atom. The van der Waals surface area contributed by atoms with Crippen molar-refractivity contribution in [3.8, 4) is 0 Å². The van der Waals surface area contributed by atoms with Crippen molar-refractivity contribution >= 4 is 35.6 Å². The Bertz CT molecular complexity index is 597. The second kappa shape index (κ2) is 10.4. The molecule has 2 N–H and O–H groups in total. The van der Waals surface area contributed by atoms with E-state index in [1.165, 1.54) is 12.2 Å². The summed E-state index contributed by atoms with van der Waals surface area (Å²) >= 11 is 5.75. The van der Waals surface area contributed by atoms with Crippen LogP contribution in [0.5, 0.6) is 0 Å². The molecule has 0 fully saturated rings. The Kier molecular flexibility index (Phi) is 8.57. The van der Waals surface area contributed by atoms with Gasteiger partial charge in [0.25, 0.3) is 5.91 Å². The molecule has 1 aromatic rings. The molecule has 3 amide bonds. The van der Waals surface area contributed by atoms with E-state index in [4.69, 9.17) is 16.3 Å². The predicted molar refractivity (Wildman–Crippen MR) is 92.4 cm³/mol. The Labute approximate surface area is 146 Å². The van der Waals surface area contributed by atoms with Crippen molar-refractivity contribution in [2.24, 2.45) is 5.92 Å². The minimum absolute atomic E-state index is 0.453. The van der Waals surface area contributed by atoms with Crippen LogP contribution >= 0.6 is 11.6 Å². The van der Waals surface area contributed by atoms with Crippen molar-refractivity contribution in [2.75, 3.05) is 13.2 Å². The number of benzene rings is 1. The number of hydrogen-bond acceptors (Lipinski definition) is 4. The number of carbonyl (C=O) groups excluding carboxylic acids is 3. The van der Waals surface area contributed by atoms with Gasteiger partial charge in [0.15, 0.2) is 6.61 Å². The summed E-state index contributed by atoms with van der Waals surface area (Å²) in [5, 5.41) is 5.23. The zero-order chi connectivity index (χ0) is 17.9. The SMILES string of the molecule is CC(C)CCNC(=O)NC(=O)COC(=O)/C=C/c1ccc(Cl)cc1. The molecule has 0 saturated heterocycles. The summed E-state index contributed by atoms with van der Waals surface area (Å²) in [6.45, 7) is 4.01. The summed E-state index contributed by atoms with van der Waals surface area (Å²) in [4.78, 5) is 34.4. The number of rotatable bonds is 7. The molecule has 0 unspecified atom stereocenters. The van der Waals surface area contributed by atoms with Crippen LogP contribution in [0.1, 0.15) is 25.8 Å². The molecule has 0 heterocycles. The van der Waals surface area contributed by atoms with E-state index in [9.17, 15) is 14.4 Å². The maximum absolute atomic E-state index is 11.5. The summed E-state index contributed by atoms with van der Waals surface area (Å²) in [7, 11) is 0. The molecule has 0 aliphatic rings. The van der Waals surface area contributed by atoms with E-state index in [1.54, 1.807) is 24.3 Å². The highest BCUT2D eigenvalue weighted by molar-refractivity contribution is 6.30. The largest absolute Gasteiger partial charge is 0.452 e. The van der Waals surface area contributed by atoms with Gasteiger partial charge in [-0.3, -0.25) is 10.1 Å². The van der Waals surface area contributed by atoms with Gasteiger partial charge < -0.3 is 10.1 Å². The van der Waals surface area contributed by atoms with Gasteiger partial charge >= 0.3 is 12.0 Å². The van der Waals surface area contributed by atoms with E-state index in [0.29, 0.717) is 17.5 Å². The zero-order valence-corrected chi connectivity index (χ0v) is 14.4. The van der Waals surface area contributed by atoms with Gasteiger partial charge in [0.05, 0.1) is 0 Å². The molecule has 0 bridgehead atoms. The fourth-order valence-electron chi connectivity index (χ4n) is 1.60. The summed E-state index contributed by atoms with van der Waals surface area (Å²) in [5.41, 5.74) is 0.769. The predicted octanol–water partition coefficient (Wildman–Crippen LogP) is 2.77. The van der Waals surface area contributed by atoms with Crippen molar-refractivity contribution in [2.45, 2.75) is 20.3 Å². The number of urea groups is 1. The molecule has 6 nitrogen and oxygen atoms in total. The van der Waals surface area contributed by atoms with Gasteiger partial charge in [0.1, 0.15) is 0 Å². The third-order valence-electron chi connectivity index (χ3n) is 2.89. The average Bonchev–Trinajstić information content (AvgIpc) is 2.52. The van der Waals surface area contributed by atoms with E-state index in [0.717, 1.165) is 12.0 Å². The fourth-order valence-corrected chi connectivity index (χ4v) is 1.73. The van der Waals surface area contributed by atoms with Crippen LogP contribution in [0.25, 0.3) is 6.08 Å². The number of halogens is 1. The molecule has 0 spiro atoms. The van der Waals surface area contributed by atoms with Crippen LogP contribution in [-0.4, -0.2) is 31.1 Å². The summed E-state index contributed by atoms with van der Waals surface area (Å²) < 4.78 is 4.75. The number of ether oxygens (including phenoxy) is 1. The Morgan fingerprint density at radius 3 is 2.50 bits per heavy atom. The lowest BCUT2D eigenvalue weighted by Gasteiger charge is -2.08. The van der Waals surface area contributed by atoms with Crippen LogP contribution in [0.4, 0.5) is 4.79 Å². The minimum atomic E-state index is -0.690. The molecule has 0 aliphatic heterocycles. The smallest absolute Gasteiger partial charge is 0.331 e. The Morgan fingerprint density at radius 2 is 1.88 bits per heavy atom. The fraction of sp³-hybridized carbons (Fsp3) is 0.353. The van der Waals surface area contributed by atoms with E-state index >= 15 is 0 Å². The Balaban J connectivity index is 2.26. The molecule has 1 rings (SSSR count). The van der Waals surface area contributed by atoms with Crippen molar-refractivity contribution in [3.05, 3.63) is 40.9 Å². The minimum Gasteiger partial charge on any atom is -0.452 e. The molecule has 0 aliphatic carbocycles. The first-order valence-electron chi connectivity index (χ1n) is 7.55. The van der Waals surface area contributed by atoms with Crippen molar-refractivity contribution in [3.63, 3.8) is 0 Å². The molecule has 130 valence electrons. The highest BCUT2D eigenvalue weighted by atomic mass is 35.5. The highest BCUT2D eigenvalue weighted by Gasteiger charge is 2.09. The lowest BCUT2D eigenvalue weighted by Crippen LogP contribution is -2.41. The molecular weight excluding hydrogens is 332 g/mol. The summed E-state index contributed by atoms with van der Waals surface area (Å²) in [5.74, 6) is -0.917. The summed E-state index contributed by atoms with van der Waals surface area (Å²) in [6, 6.07) is 6.25. The van der Waals surface area contributed by atoms with Crippen LogP contribution in [-0.2, 0) is 14.3 Å². The number of amides is 3. The van der Waals surface area contributed by atoms with Gasteiger partial charge in [-0.2, -0.15) is 0 Å². The Hall–Kier alpha value is -2.34. The zero-order valence-electron chi connectivity index (χ0n) is 13.7. The number of imide groups is 1. The van der Waals surface area contributed by atoms with Crippen LogP contribution < -0.4 is 10.6 Å². The van der Waals surface area contributed by atoms with Crippen molar-refractivity contribution < 1.29 is 19.1 Å². The molecule has 0 aromatic heterocycles. The quantitative estimate of drug-likeness (QED) is 0.583. The van der Waals surface area contributed by atoms with Gasteiger partial charge in [-0.15, -0.1) is 0 Å². The molecule has 0 radical (unpaired) electrons. The van der Waals surface area contributed by atoms with Crippen LogP contribution in [0.15, 0.2) is 30.3 Å². The van der Waals surface area contributed by atoms with Gasteiger partial charge in [-0.05, 0) is 36.1 Å². The van der Waals surface area contributed by atoms with Gasteiger partial charge in [0, 0.05) is 17.6 Å². The molecule has 0 saturated carbocycles. The van der Waals surface area contributed by atoms with Crippen LogP contribution in [0.2, 0.25) is 5.02 Å². The van der Waals surface area contributed by atoms with E-state index in [1.807, 2.05) is 13.8 Å². The molecule has 7 heteroatoms. The molecule has 24 heavy (non-hydrogen) atoms. The number of nitrogens with one attached hydrogen (secondary N) is 2. The van der Waals surface area contributed by atoms with E-state index in [2.05, 4.69) is 10.6 Å². The molecular formula is C17H21ClN2O4. The van der Waals surface area contributed by atoms with Crippen molar-refractivity contribution in [1.82, 2.24) is 10.6 Å². The first-order valence-corrected chi connectivity index (χ1v) is 7.92. The maximum atomic E-state index is 11.5. The van der Waals surface area contributed by atoms with Gasteiger partial charge in [0.2, 0.25) is 0 Å². The summed E-state index contributed by atoms with van der Waals surface area (Å²) in [6.07, 6.45) is 3.54. The first kappa shape index (κ1) is 19.7. The maximum Gasteiger partial charge on any atom is 0.331 e. The lowest BCUT2D eigenvalue weighted by molar-refractivity contribution is -0.143. The molecule has 0 atom stereocenters.